The topological polar surface area (TPSA) is 27.1 Å². The number of rotatable bonds is 5. The molecule has 116 valence electrons. The van der Waals surface area contributed by atoms with Crippen molar-refractivity contribution in [2.45, 2.75) is 24.4 Å². The number of methoxy groups -OCH3 is 1. The van der Waals surface area contributed by atoms with E-state index in [2.05, 4.69) is 4.98 Å². The average molecular weight is 339 g/mol. The molecule has 1 aromatic carbocycles. The highest BCUT2D eigenvalue weighted by Gasteiger charge is 2.28. The lowest BCUT2D eigenvalue weighted by atomic mass is 10.3. The summed E-state index contributed by atoms with van der Waals surface area (Å²) in [7, 11) is 1.54. The fourth-order valence-corrected chi connectivity index (χ4v) is 2.72. The van der Waals surface area contributed by atoms with Crippen LogP contribution in [0.4, 0.5) is 13.2 Å². The van der Waals surface area contributed by atoms with E-state index < -0.39 is 5.51 Å². The molecule has 2 aromatic rings. The molecule has 0 aliphatic carbocycles. The second kappa shape index (κ2) is 6.36. The van der Waals surface area contributed by atoms with E-state index in [1.54, 1.807) is 36.8 Å². The molecular weight excluding hydrogens is 325 g/mol. The van der Waals surface area contributed by atoms with Crippen molar-refractivity contribution in [1.82, 2.24) is 9.55 Å². The fourth-order valence-electron chi connectivity index (χ4n) is 2.05. The molecule has 0 saturated heterocycles. The Bertz CT molecular complexity index is 628. The lowest BCUT2D eigenvalue weighted by Gasteiger charge is -2.11. The first-order chi connectivity index (χ1) is 9.81. The Kier molecular flexibility index (Phi) is 4.93. The largest absolute Gasteiger partial charge is 0.497 e. The summed E-state index contributed by atoms with van der Waals surface area (Å²) in [5.41, 5.74) is -2.82. The zero-order valence-corrected chi connectivity index (χ0v) is 13.0. The number of halogens is 4. The van der Waals surface area contributed by atoms with Crippen molar-refractivity contribution in [2.24, 2.45) is 0 Å². The Morgan fingerprint density at radius 3 is 2.71 bits per heavy atom. The van der Waals surface area contributed by atoms with Crippen LogP contribution in [0.5, 0.6) is 5.75 Å². The molecule has 1 aromatic heterocycles. The number of imidazole rings is 1. The Morgan fingerprint density at radius 2 is 2.14 bits per heavy atom. The highest BCUT2D eigenvalue weighted by molar-refractivity contribution is 8.00. The smallest absolute Gasteiger partial charge is 0.441 e. The van der Waals surface area contributed by atoms with E-state index >= 15 is 0 Å². The van der Waals surface area contributed by atoms with Gasteiger partial charge in [0.1, 0.15) is 11.6 Å². The molecule has 0 aliphatic heterocycles. The summed E-state index contributed by atoms with van der Waals surface area (Å²) >= 11 is 6.03. The van der Waals surface area contributed by atoms with Crippen LogP contribution in [0.3, 0.4) is 0 Å². The first kappa shape index (κ1) is 16.3. The molecule has 21 heavy (non-hydrogen) atoms. The van der Waals surface area contributed by atoms with Crippen LogP contribution in [0.1, 0.15) is 18.1 Å². The van der Waals surface area contributed by atoms with Crippen LogP contribution in [0.25, 0.3) is 11.0 Å². The second-order valence-electron chi connectivity index (χ2n) is 4.39. The van der Waals surface area contributed by atoms with Crippen molar-refractivity contribution < 1.29 is 17.9 Å². The van der Waals surface area contributed by atoms with Crippen LogP contribution < -0.4 is 4.74 Å². The molecule has 0 saturated carbocycles. The molecule has 0 fully saturated rings. The maximum Gasteiger partial charge on any atom is 0.441 e. The van der Waals surface area contributed by atoms with E-state index in [0.29, 0.717) is 17.1 Å². The summed E-state index contributed by atoms with van der Waals surface area (Å²) in [4.78, 5) is 4.40. The Hall–Kier alpha value is -1.08. The van der Waals surface area contributed by atoms with Gasteiger partial charge in [0.25, 0.3) is 0 Å². The maximum absolute atomic E-state index is 12.3. The number of hydrogen-bond acceptors (Lipinski definition) is 3. The number of aromatic nitrogens is 2. The van der Waals surface area contributed by atoms with Gasteiger partial charge in [0.2, 0.25) is 0 Å². The number of fused-ring (bicyclic) bond motifs is 1. The van der Waals surface area contributed by atoms with Crippen molar-refractivity contribution in [3.05, 3.63) is 24.0 Å². The number of alkyl halides is 4. The molecule has 0 spiro atoms. The van der Waals surface area contributed by atoms with Gasteiger partial charge in [0, 0.05) is 18.4 Å². The first-order valence-corrected chi connectivity index (χ1v) is 7.63. The second-order valence-corrected chi connectivity index (χ2v) is 6.20. The number of nitrogens with zero attached hydrogens (tertiary/aromatic N) is 2. The third-order valence-electron chi connectivity index (χ3n) is 2.92. The maximum atomic E-state index is 12.3. The molecule has 3 nitrogen and oxygen atoms in total. The highest BCUT2D eigenvalue weighted by atomic mass is 35.5. The molecule has 1 heterocycles. The van der Waals surface area contributed by atoms with Gasteiger partial charge in [-0.15, -0.1) is 11.6 Å². The van der Waals surface area contributed by atoms with Gasteiger partial charge in [-0.05, 0) is 30.8 Å². The van der Waals surface area contributed by atoms with E-state index in [4.69, 9.17) is 16.3 Å². The van der Waals surface area contributed by atoms with Gasteiger partial charge in [0.05, 0.1) is 23.5 Å². The summed E-state index contributed by atoms with van der Waals surface area (Å²) in [6.45, 7) is 1.94. The first-order valence-electron chi connectivity index (χ1n) is 6.21. The van der Waals surface area contributed by atoms with Gasteiger partial charge in [-0.25, -0.2) is 4.98 Å². The average Bonchev–Trinajstić information content (AvgIpc) is 2.75. The minimum atomic E-state index is -4.23. The molecule has 1 unspecified atom stereocenters. The lowest BCUT2D eigenvalue weighted by molar-refractivity contribution is -0.0328. The summed E-state index contributed by atoms with van der Waals surface area (Å²) in [5.74, 6) is 1.12. The van der Waals surface area contributed by atoms with Crippen LogP contribution >= 0.6 is 23.4 Å². The van der Waals surface area contributed by atoms with Crippen molar-refractivity contribution >= 4 is 34.4 Å². The molecule has 0 amide bonds. The van der Waals surface area contributed by atoms with Gasteiger partial charge < -0.3 is 9.30 Å². The summed E-state index contributed by atoms with van der Waals surface area (Å²) in [5, 5.41) is -0.390. The van der Waals surface area contributed by atoms with E-state index in [0.717, 1.165) is 5.52 Å². The van der Waals surface area contributed by atoms with E-state index in [-0.39, 0.29) is 29.4 Å². The molecule has 1 atom stereocenters. The number of hydrogen-bond donors (Lipinski definition) is 0. The minimum Gasteiger partial charge on any atom is -0.497 e. The Balaban J connectivity index is 2.33. The zero-order valence-electron chi connectivity index (χ0n) is 11.4. The predicted molar refractivity (Wildman–Crippen MR) is 79.1 cm³/mol. The summed E-state index contributed by atoms with van der Waals surface area (Å²) in [6.07, 6.45) is 0. The van der Waals surface area contributed by atoms with Gasteiger partial charge >= 0.3 is 5.51 Å². The van der Waals surface area contributed by atoms with Crippen LogP contribution in [-0.2, 0) is 6.54 Å². The van der Waals surface area contributed by atoms with Crippen LogP contribution in [0.2, 0.25) is 0 Å². The SMILES string of the molecule is COc1ccc2c(c1)nc(C(C)Cl)n2CCSC(F)(F)F. The van der Waals surface area contributed by atoms with Gasteiger partial charge in [-0.3, -0.25) is 0 Å². The number of benzene rings is 1. The fraction of sp³-hybridized carbons (Fsp3) is 0.462. The minimum absolute atomic E-state index is 0.0479. The van der Waals surface area contributed by atoms with E-state index in [1.807, 2.05) is 0 Å². The highest BCUT2D eigenvalue weighted by Crippen LogP contribution is 2.32. The molecule has 0 N–H and O–H groups in total. The van der Waals surface area contributed by atoms with Crippen molar-refractivity contribution in [3.63, 3.8) is 0 Å². The number of ether oxygens (including phenoxy) is 1. The predicted octanol–water partition coefficient (Wildman–Crippen LogP) is 4.60. The van der Waals surface area contributed by atoms with Gasteiger partial charge in [0.15, 0.2) is 0 Å². The quantitative estimate of drug-likeness (QED) is 0.746. The lowest BCUT2D eigenvalue weighted by Crippen LogP contribution is -2.10. The monoisotopic (exact) mass is 338 g/mol. The zero-order chi connectivity index (χ0) is 15.6. The molecular formula is C13H14ClF3N2OS. The Labute approximate surface area is 129 Å². The molecule has 0 radical (unpaired) electrons. The number of aryl methyl sites for hydroxylation is 1. The van der Waals surface area contributed by atoms with Gasteiger partial charge in [-0.2, -0.15) is 13.2 Å². The van der Waals surface area contributed by atoms with Gasteiger partial charge in [-0.1, -0.05) is 0 Å². The summed E-state index contributed by atoms with van der Waals surface area (Å²) in [6, 6.07) is 5.27. The van der Waals surface area contributed by atoms with Crippen LogP contribution in [0.15, 0.2) is 18.2 Å². The van der Waals surface area contributed by atoms with Crippen LogP contribution in [0, 0.1) is 0 Å². The standard InChI is InChI=1S/C13H14ClF3N2OS/c1-8(14)12-18-10-7-9(20-2)3-4-11(10)19(12)5-6-21-13(15,16)17/h3-4,7-8H,5-6H2,1-2H3. The normalized spacial score (nSPS) is 13.6. The van der Waals surface area contributed by atoms with Crippen molar-refractivity contribution in [1.29, 1.82) is 0 Å². The van der Waals surface area contributed by atoms with Crippen LogP contribution in [-0.4, -0.2) is 27.9 Å². The third kappa shape index (κ3) is 3.97. The van der Waals surface area contributed by atoms with E-state index in [9.17, 15) is 13.2 Å². The number of thioether (sulfide) groups is 1. The molecule has 2 rings (SSSR count). The molecule has 8 heteroatoms. The summed E-state index contributed by atoms with van der Waals surface area (Å²) < 4.78 is 43.6. The molecule has 0 bridgehead atoms. The van der Waals surface area contributed by atoms with Crippen molar-refractivity contribution in [3.8, 4) is 5.75 Å². The Morgan fingerprint density at radius 1 is 1.43 bits per heavy atom. The van der Waals surface area contributed by atoms with Crippen molar-refractivity contribution in [2.75, 3.05) is 12.9 Å². The molecule has 0 aliphatic rings. The third-order valence-corrected chi connectivity index (χ3v) is 3.83. The van der Waals surface area contributed by atoms with E-state index in [1.165, 1.54) is 0 Å².